The van der Waals surface area contributed by atoms with Crippen molar-refractivity contribution in [3.05, 3.63) is 35.0 Å². The van der Waals surface area contributed by atoms with Gasteiger partial charge in [0.05, 0.1) is 23.3 Å². The predicted molar refractivity (Wildman–Crippen MR) is 106 cm³/mol. The molecule has 1 aliphatic rings. The number of aliphatic hydroxyl groups is 3. The third kappa shape index (κ3) is 4.01. The SMILES string of the molecule is Nc1nc(Cl)c(-c2cc3cc(C(F)(F)F)ccc3o2)c(N[C@@H]2C[C@H](CO)[C@@H](O)[C@H]2O)n1. The Kier molecular flexibility index (Phi) is 5.46. The largest absolute Gasteiger partial charge is 0.456 e. The lowest BCUT2D eigenvalue weighted by Crippen LogP contribution is -2.35. The third-order valence-corrected chi connectivity index (χ3v) is 5.60. The maximum atomic E-state index is 13.0. The van der Waals surface area contributed by atoms with E-state index in [1.165, 1.54) is 12.1 Å². The molecule has 2 aromatic heterocycles. The van der Waals surface area contributed by atoms with Crippen LogP contribution in [-0.4, -0.2) is 50.1 Å². The van der Waals surface area contributed by atoms with Crippen LogP contribution in [-0.2, 0) is 6.18 Å². The van der Waals surface area contributed by atoms with Gasteiger partial charge in [0.15, 0.2) is 0 Å². The molecule has 166 valence electrons. The normalized spacial score (nSPS) is 24.1. The van der Waals surface area contributed by atoms with E-state index in [-0.39, 0.29) is 52.2 Å². The summed E-state index contributed by atoms with van der Waals surface area (Å²) in [5.74, 6) is -0.563. The highest BCUT2D eigenvalue weighted by molar-refractivity contribution is 6.32. The van der Waals surface area contributed by atoms with Crippen molar-refractivity contribution in [3.63, 3.8) is 0 Å². The van der Waals surface area contributed by atoms with Gasteiger partial charge in [0, 0.05) is 17.9 Å². The molecule has 0 bridgehead atoms. The van der Waals surface area contributed by atoms with Crippen LogP contribution in [0.25, 0.3) is 22.3 Å². The van der Waals surface area contributed by atoms with Crippen molar-refractivity contribution >= 4 is 34.3 Å². The Morgan fingerprint density at radius 1 is 1.19 bits per heavy atom. The van der Waals surface area contributed by atoms with Gasteiger partial charge in [-0.15, -0.1) is 0 Å². The van der Waals surface area contributed by atoms with E-state index in [0.717, 1.165) is 12.1 Å². The summed E-state index contributed by atoms with van der Waals surface area (Å²) in [4.78, 5) is 7.96. The first-order chi connectivity index (χ1) is 14.6. The number of fused-ring (bicyclic) bond motifs is 1. The zero-order valence-corrected chi connectivity index (χ0v) is 16.5. The molecule has 31 heavy (non-hydrogen) atoms. The van der Waals surface area contributed by atoms with E-state index in [9.17, 15) is 28.5 Å². The minimum Gasteiger partial charge on any atom is -0.456 e. The molecule has 4 rings (SSSR count). The average Bonchev–Trinajstić information content (AvgIpc) is 3.22. The summed E-state index contributed by atoms with van der Waals surface area (Å²) in [5.41, 5.74) is 5.18. The minimum absolute atomic E-state index is 0.0717. The molecular formula is C19H18ClF3N4O4. The van der Waals surface area contributed by atoms with E-state index in [4.69, 9.17) is 21.8 Å². The van der Waals surface area contributed by atoms with Crippen LogP contribution in [0.4, 0.5) is 24.9 Å². The number of furan rings is 1. The second-order valence-corrected chi connectivity index (χ2v) is 7.73. The maximum Gasteiger partial charge on any atom is 0.416 e. The number of alkyl halides is 3. The molecule has 12 heteroatoms. The smallest absolute Gasteiger partial charge is 0.416 e. The number of hydrogen-bond donors (Lipinski definition) is 5. The summed E-state index contributed by atoms with van der Waals surface area (Å²) in [6.07, 6.45) is -6.63. The number of anilines is 2. The molecule has 0 spiro atoms. The molecule has 1 aromatic carbocycles. The lowest BCUT2D eigenvalue weighted by molar-refractivity contribution is -0.137. The van der Waals surface area contributed by atoms with Gasteiger partial charge >= 0.3 is 6.18 Å². The van der Waals surface area contributed by atoms with Gasteiger partial charge in [-0.05, 0) is 30.7 Å². The van der Waals surface area contributed by atoms with E-state index in [1.54, 1.807) is 0 Å². The Hall–Kier alpha value is -2.60. The van der Waals surface area contributed by atoms with Gasteiger partial charge in [-0.3, -0.25) is 0 Å². The van der Waals surface area contributed by atoms with Crippen molar-refractivity contribution in [1.82, 2.24) is 9.97 Å². The van der Waals surface area contributed by atoms with Crippen molar-refractivity contribution in [2.45, 2.75) is 30.8 Å². The lowest BCUT2D eigenvalue weighted by atomic mass is 10.1. The molecule has 6 N–H and O–H groups in total. The van der Waals surface area contributed by atoms with Crippen LogP contribution in [0.3, 0.4) is 0 Å². The predicted octanol–water partition coefficient (Wildman–Crippen LogP) is 2.66. The third-order valence-electron chi connectivity index (χ3n) is 5.33. The molecule has 0 aliphatic heterocycles. The van der Waals surface area contributed by atoms with E-state index in [2.05, 4.69) is 15.3 Å². The Balaban J connectivity index is 1.75. The average molecular weight is 459 g/mol. The topological polar surface area (TPSA) is 138 Å². The number of aliphatic hydroxyl groups excluding tert-OH is 3. The van der Waals surface area contributed by atoms with Crippen LogP contribution in [0.15, 0.2) is 28.7 Å². The lowest BCUT2D eigenvalue weighted by Gasteiger charge is -2.20. The number of nitrogen functional groups attached to an aromatic ring is 1. The summed E-state index contributed by atoms with van der Waals surface area (Å²) in [5, 5.41) is 32.7. The molecule has 1 aliphatic carbocycles. The fraction of sp³-hybridized carbons (Fsp3) is 0.368. The van der Waals surface area contributed by atoms with E-state index in [0.29, 0.717) is 0 Å². The van der Waals surface area contributed by atoms with Crippen LogP contribution >= 0.6 is 11.6 Å². The summed E-state index contributed by atoms with van der Waals surface area (Å²) in [6.45, 7) is -0.318. The number of aromatic nitrogens is 2. The number of benzene rings is 1. The standard InChI is InChI=1S/C19H18ClF3N4O4/c20-16-13(12-5-7-3-9(19(21,22)23)1-2-11(7)31-12)17(27-18(24)26-16)25-10-4-8(6-28)14(29)15(10)30/h1-3,5,8,10,14-15,28-30H,4,6H2,(H3,24,25,26,27)/t8-,10-,14-,15+/m1/s1. The molecule has 4 atom stereocenters. The number of halogens is 4. The second-order valence-electron chi connectivity index (χ2n) is 7.37. The quantitative estimate of drug-likeness (QED) is 0.376. The zero-order chi connectivity index (χ0) is 22.5. The van der Waals surface area contributed by atoms with Crippen molar-refractivity contribution in [2.75, 3.05) is 17.7 Å². The van der Waals surface area contributed by atoms with Gasteiger partial charge in [0.25, 0.3) is 0 Å². The molecular weight excluding hydrogens is 441 g/mol. The monoisotopic (exact) mass is 458 g/mol. The Morgan fingerprint density at radius 3 is 2.58 bits per heavy atom. The summed E-state index contributed by atoms with van der Waals surface area (Å²) < 4.78 is 44.7. The number of nitrogens with zero attached hydrogens (tertiary/aromatic N) is 2. The number of rotatable bonds is 4. The Labute approximate surface area is 178 Å². The van der Waals surface area contributed by atoms with Gasteiger partial charge in [-0.1, -0.05) is 11.6 Å². The van der Waals surface area contributed by atoms with Crippen LogP contribution < -0.4 is 11.1 Å². The Bertz CT molecular complexity index is 1120. The second kappa shape index (κ2) is 7.83. The van der Waals surface area contributed by atoms with Crippen LogP contribution in [0.1, 0.15) is 12.0 Å². The van der Waals surface area contributed by atoms with Crippen molar-refractivity contribution in [3.8, 4) is 11.3 Å². The summed E-state index contributed by atoms with van der Waals surface area (Å²) in [7, 11) is 0. The van der Waals surface area contributed by atoms with E-state index in [1.807, 2.05) is 0 Å². The number of hydrogen-bond acceptors (Lipinski definition) is 8. The molecule has 0 amide bonds. The fourth-order valence-electron chi connectivity index (χ4n) is 3.74. The first-order valence-corrected chi connectivity index (χ1v) is 9.64. The molecule has 2 heterocycles. The van der Waals surface area contributed by atoms with Gasteiger partial charge in [-0.25, -0.2) is 4.98 Å². The van der Waals surface area contributed by atoms with Crippen LogP contribution in [0, 0.1) is 5.92 Å². The van der Waals surface area contributed by atoms with Gasteiger partial charge < -0.3 is 30.8 Å². The molecule has 8 nitrogen and oxygen atoms in total. The first kappa shape index (κ1) is 21.6. The molecule has 1 fully saturated rings. The number of nitrogens with two attached hydrogens (primary N) is 1. The molecule has 1 saturated carbocycles. The molecule has 0 saturated heterocycles. The maximum absolute atomic E-state index is 13.0. The van der Waals surface area contributed by atoms with E-state index >= 15 is 0 Å². The highest BCUT2D eigenvalue weighted by Gasteiger charge is 2.41. The molecule has 3 aromatic rings. The Morgan fingerprint density at radius 2 is 1.94 bits per heavy atom. The fourth-order valence-corrected chi connectivity index (χ4v) is 4.01. The summed E-state index contributed by atoms with van der Waals surface area (Å²) >= 11 is 6.24. The molecule has 0 radical (unpaired) electrons. The number of nitrogens with one attached hydrogen (secondary N) is 1. The molecule has 0 unspecified atom stereocenters. The minimum atomic E-state index is -4.51. The van der Waals surface area contributed by atoms with Crippen LogP contribution in [0.5, 0.6) is 0 Å². The van der Waals surface area contributed by atoms with E-state index < -0.39 is 35.9 Å². The van der Waals surface area contributed by atoms with Crippen LogP contribution in [0.2, 0.25) is 5.15 Å². The summed E-state index contributed by atoms with van der Waals surface area (Å²) in [6, 6.07) is 3.72. The first-order valence-electron chi connectivity index (χ1n) is 9.26. The van der Waals surface area contributed by atoms with Gasteiger partial charge in [0.1, 0.15) is 28.4 Å². The van der Waals surface area contributed by atoms with Gasteiger partial charge in [0.2, 0.25) is 5.95 Å². The zero-order valence-electron chi connectivity index (χ0n) is 15.8. The highest BCUT2D eigenvalue weighted by Crippen LogP contribution is 2.40. The van der Waals surface area contributed by atoms with Crippen molar-refractivity contribution in [2.24, 2.45) is 5.92 Å². The van der Waals surface area contributed by atoms with Crippen molar-refractivity contribution < 1.29 is 32.9 Å². The van der Waals surface area contributed by atoms with Gasteiger partial charge in [-0.2, -0.15) is 18.2 Å². The van der Waals surface area contributed by atoms with Crippen molar-refractivity contribution in [1.29, 1.82) is 0 Å². The highest BCUT2D eigenvalue weighted by atomic mass is 35.5.